The molecule has 0 aliphatic heterocycles. The van der Waals surface area contributed by atoms with Crippen LogP contribution in [0.25, 0.3) is 0 Å². The summed E-state index contributed by atoms with van der Waals surface area (Å²) >= 11 is 0. The van der Waals surface area contributed by atoms with Crippen molar-refractivity contribution in [2.45, 2.75) is 149 Å². The molecule has 0 aromatic heterocycles. The molecule has 278 valence electrons. The van der Waals surface area contributed by atoms with E-state index in [0.717, 1.165) is 75.3 Å². The highest BCUT2D eigenvalue weighted by molar-refractivity contribution is 5.98. The molecule has 50 heavy (non-hydrogen) atoms. The summed E-state index contributed by atoms with van der Waals surface area (Å²) in [6.45, 7) is 6.27. The van der Waals surface area contributed by atoms with Gasteiger partial charge in [0.2, 0.25) is 11.8 Å². The number of aromatic hydroxyl groups is 2. The Hall–Kier alpha value is -4.08. The van der Waals surface area contributed by atoms with E-state index in [1.54, 1.807) is 24.3 Å². The molecule has 10 heteroatoms. The molecule has 2 rings (SSSR count). The lowest BCUT2D eigenvalue weighted by atomic mass is 9.97. The van der Waals surface area contributed by atoms with Gasteiger partial charge < -0.3 is 10.2 Å². The maximum Gasteiger partial charge on any atom is 0.273 e. The van der Waals surface area contributed by atoms with Gasteiger partial charge in [0.15, 0.2) is 0 Å². The molecule has 1 unspecified atom stereocenters. The second kappa shape index (κ2) is 25.0. The van der Waals surface area contributed by atoms with Crippen LogP contribution in [0.4, 0.5) is 0 Å². The van der Waals surface area contributed by atoms with Gasteiger partial charge in [-0.15, -0.1) is 0 Å². The summed E-state index contributed by atoms with van der Waals surface area (Å²) in [7, 11) is 0. The van der Waals surface area contributed by atoms with Crippen molar-refractivity contribution in [3.05, 3.63) is 58.7 Å². The topological polar surface area (TPSA) is 157 Å². The number of hydrogen-bond donors (Lipinski definition) is 6. The fourth-order valence-corrected chi connectivity index (χ4v) is 6.06. The zero-order valence-electron chi connectivity index (χ0n) is 30.7. The summed E-state index contributed by atoms with van der Waals surface area (Å²) in [5.41, 5.74) is 11.6. The molecule has 0 spiro atoms. The van der Waals surface area contributed by atoms with Gasteiger partial charge in [0.25, 0.3) is 11.8 Å². The van der Waals surface area contributed by atoms with Crippen LogP contribution in [-0.4, -0.2) is 33.8 Å². The molecule has 0 aliphatic rings. The Labute approximate surface area is 299 Å². The normalized spacial score (nSPS) is 11.5. The van der Waals surface area contributed by atoms with E-state index in [9.17, 15) is 29.4 Å². The Balaban J connectivity index is 1.62. The lowest BCUT2D eigenvalue weighted by molar-refractivity contribution is -0.126. The largest absolute Gasteiger partial charge is 0.507 e. The first-order valence-electron chi connectivity index (χ1n) is 19.0. The number of unbranched alkanes of at least 4 members (excludes halogenated alkanes) is 12. The maximum absolute atomic E-state index is 12.8. The summed E-state index contributed by atoms with van der Waals surface area (Å²) in [5, 5.41) is 21.2. The Morgan fingerprint density at radius 2 is 1.02 bits per heavy atom. The van der Waals surface area contributed by atoms with Gasteiger partial charge >= 0.3 is 0 Å². The fourth-order valence-electron chi connectivity index (χ4n) is 6.06. The Bertz CT molecular complexity index is 1330. The third-order valence-corrected chi connectivity index (χ3v) is 9.26. The minimum absolute atomic E-state index is 0.0336. The van der Waals surface area contributed by atoms with E-state index >= 15 is 0 Å². The van der Waals surface area contributed by atoms with E-state index in [1.165, 1.54) is 25.7 Å². The van der Waals surface area contributed by atoms with Crippen LogP contribution in [0.5, 0.6) is 11.5 Å². The third-order valence-electron chi connectivity index (χ3n) is 9.26. The van der Waals surface area contributed by atoms with Crippen molar-refractivity contribution < 1.29 is 29.4 Å². The van der Waals surface area contributed by atoms with Crippen molar-refractivity contribution in [2.75, 3.05) is 0 Å². The quantitative estimate of drug-likeness (QED) is 0.0482. The van der Waals surface area contributed by atoms with Crippen molar-refractivity contribution in [3.63, 3.8) is 0 Å². The van der Waals surface area contributed by atoms with E-state index < -0.39 is 11.8 Å². The molecule has 2 aromatic carbocycles. The molecular weight excluding hydrogens is 632 g/mol. The summed E-state index contributed by atoms with van der Waals surface area (Å²) in [6.07, 6.45) is 18.2. The molecule has 2 aromatic rings. The highest BCUT2D eigenvalue weighted by Crippen LogP contribution is 2.26. The third kappa shape index (κ3) is 15.6. The van der Waals surface area contributed by atoms with Crippen LogP contribution in [0.15, 0.2) is 36.4 Å². The van der Waals surface area contributed by atoms with Crippen LogP contribution in [-0.2, 0) is 22.4 Å². The fraction of sp³-hybridized carbons (Fsp3) is 0.600. The van der Waals surface area contributed by atoms with E-state index in [0.29, 0.717) is 32.1 Å². The minimum Gasteiger partial charge on any atom is -0.507 e. The SMILES string of the molecule is CCCCCCCc1cccc(C(=O)NNC(=O)CCCCCCCC(CC)C(=O)NNC(=O)c2cccc(CCCCCCC)c2O)c1O. The molecule has 0 bridgehead atoms. The van der Waals surface area contributed by atoms with Gasteiger partial charge in [-0.05, 0) is 68.2 Å². The molecule has 4 amide bonds. The van der Waals surface area contributed by atoms with Gasteiger partial charge in [0.1, 0.15) is 11.5 Å². The number of phenols is 2. The van der Waals surface area contributed by atoms with Crippen LogP contribution in [0.2, 0.25) is 0 Å². The number of phenolic OH excluding ortho intramolecular Hbond substituents is 2. The number of amides is 4. The first-order valence-corrected chi connectivity index (χ1v) is 19.0. The van der Waals surface area contributed by atoms with Gasteiger partial charge in [0.05, 0.1) is 11.1 Å². The Morgan fingerprint density at radius 1 is 0.560 bits per heavy atom. The summed E-state index contributed by atoms with van der Waals surface area (Å²) in [4.78, 5) is 50.4. The number of hydrogen-bond acceptors (Lipinski definition) is 6. The van der Waals surface area contributed by atoms with E-state index in [4.69, 9.17) is 0 Å². The number of aryl methyl sites for hydroxylation is 2. The number of carbonyl (C=O) groups is 4. The number of nitrogens with one attached hydrogen (secondary N) is 4. The number of para-hydroxylation sites is 2. The van der Waals surface area contributed by atoms with Crippen molar-refractivity contribution in [1.82, 2.24) is 21.7 Å². The number of hydrazine groups is 2. The summed E-state index contributed by atoms with van der Waals surface area (Å²) < 4.78 is 0. The van der Waals surface area contributed by atoms with E-state index in [2.05, 4.69) is 35.6 Å². The predicted molar refractivity (Wildman–Crippen MR) is 198 cm³/mol. The van der Waals surface area contributed by atoms with Crippen LogP contribution < -0.4 is 21.7 Å². The second-order valence-electron chi connectivity index (χ2n) is 13.3. The van der Waals surface area contributed by atoms with Crippen molar-refractivity contribution in [2.24, 2.45) is 5.92 Å². The average molecular weight is 695 g/mol. The van der Waals surface area contributed by atoms with Crippen LogP contribution in [0, 0.1) is 5.92 Å². The standard InChI is InChI=1S/C40H62N4O6/c1-4-7-9-12-17-23-31-25-20-27-33(36(31)46)39(49)43-41-35(45)29-19-15-11-14-16-22-30(6-3)38(48)42-44-40(50)34-28-21-26-32(37(34)47)24-18-13-10-8-5-2/h20-21,25-28,30,46-47H,4-19,22-24,29H2,1-3H3,(H,41,45)(H,42,48)(H,43,49)(H,44,50). The second-order valence-corrected chi connectivity index (χ2v) is 13.3. The van der Waals surface area contributed by atoms with Crippen molar-refractivity contribution >= 4 is 23.6 Å². The van der Waals surface area contributed by atoms with Crippen molar-refractivity contribution in [1.29, 1.82) is 0 Å². The van der Waals surface area contributed by atoms with Crippen molar-refractivity contribution in [3.8, 4) is 11.5 Å². The lowest BCUT2D eigenvalue weighted by Gasteiger charge is -2.16. The van der Waals surface area contributed by atoms with Gasteiger partial charge in [-0.25, -0.2) is 0 Å². The molecule has 0 fully saturated rings. The molecular formula is C40H62N4O6. The first-order chi connectivity index (χ1) is 24.2. The number of rotatable bonds is 24. The molecule has 0 radical (unpaired) electrons. The predicted octanol–water partition coefficient (Wildman–Crippen LogP) is 8.10. The summed E-state index contributed by atoms with van der Waals surface area (Å²) in [5.74, 6) is -1.96. The van der Waals surface area contributed by atoms with Gasteiger partial charge in [-0.2, -0.15) is 0 Å². The highest BCUT2D eigenvalue weighted by atomic mass is 16.3. The van der Waals surface area contributed by atoms with Crippen LogP contribution in [0.1, 0.15) is 168 Å². The molecule has 0 saturated heterocycles. The van der Waals surface area contributed by atoms with E-state index in [1.807, 2.05) is 19.1 Å². The molecule has 6 N–H and O–H groups in total. The number of benzene rings is 2. The highest BCUT2D eigenvalue weighted by Gasteiger charge is 2.19. The monoisotopic (exact) mass is 694 g/mol. The molecule has 0 heterocycles. The smallest absolute Gasteiger partial charge is 0.273 e. The zero-order valence-corrected chi connectivity index (χ0v) is 30.7. The van der Waals surface area contributed by atoms with Gasteiger partial charge in [0, 0.05) is 12.3 Å². The maximum atomic E-state index is 12.8. The lowest BCUT2D eigenvalue weighted by Crippen LogP contribution is -2.44. The van der Waals surface area contributed by atoms with E-state index in [-0.39, 0.29) is 46.8 Å². The Morgan fingerprint density at radius 3 is 1.54 bits per heavy atom. The average Bonchev–Trinajstić information content (AvgIpc) is 3.11. The Kier molecular flexibility index (Phi) is 21.0. The molecule has 0 aliphatic carbocycles. The number of carbonyl (C=O) groups excluding carboxylic acids is 4. The van der Waals surface area contributed by atoms with Crippen LogP contribution >= 0.6 is 0 Å². The molecule has 0 saturated carbocycles. The zero-order chi connectivity index (χ0) is 36.6. The van der Waals surface area contributed by atoms with Crippen LogP contribution in [0.3, 0.4) is 0 Å². The molecule has 1 atom stereocenters. The molecule has 10 nitrogen and oxygen atoms in total. The summed E-state index contributed by atoms with van der Waals surface area (Å²) in [6, 6.07) is 10.2. The van der Waals surface area contributed by atoms with Gasteiger partial charge in [-0.3, -0.25) is 40.9 Å². The first kappa shape index (κ1) is 42.1. The minimum atomic E-state index is -0.548. The van der Waals surface area contributed by atoms with Gasteiger partial charge in [-0.1, -0.05) is 122 Å².